The van der Waals surface area contributed by atoms with Crippen molar-refractivity contribution in [3.8, 4) is 0 Å². The predicted octanol–water partition coefficient (Wildman–Crippen LogP) is 0.883. The van der Waals surface area contributed by atoms with Crippen LogP contribution in [0.5, 0.6) is 0 Å². The molecule has 1 heterocycles. The van der Waals surface area contributed by atoms with Crippen molar-refractivity contribution >= 4 is 5.96 Å². The zero-order valence-electron chi connectivity index (χ0n) is 9.68. The molecule has 0 spiro atoms. The summed E-state index contributed by atoms with van der Waals surface area (Å²) in [5.41, 5.74) is 0.00116. The van der Waals surface area contributed by atoms with Gasteiger partial charge in [-0.2, -0.15) is 0 Å². The Morgan fingerprint density at radius 2 is 2.33 bits per heavy atom. The van der Waals surface area contributed by atoms with Gasteiger partial charge in [-0.05, 0) is 32.6 Å². The Hall–Kier alpha value is -0.770. The summed E-state index contributed by atoms with van der Waals surface area (Å²) in [6, 6.07) is 0.647. The Morgan fingerprint density at radius 1 is 1.53 bits per heavy atom. The highest BCUT2D eigenvalue weighted by atomic mass is 16.5. The summed E-state index contributed by atoms with van der Waals surface area (Å²) in [5.74, 6) is 0.911. The van der Waals surface area contributed by atoms with Crippen molar-refractivity contribution in [2.45, 2.75) is 44.2 Å². The number of nitrogens with one attached hydrogen (secondary N) is 2. The Bertz CT molecular complexity index is 242. The highest BCUT2D eigenvalue weighted by Gasteiger charge is 2.30. The van der Waals surface area contributed by atoms with E-state index < -0.39 is 0 Å². The maximum atomic E-state index is 5.71. The average molecular weight is 211 g/mol. The van der Waals surface area contributed by atoms with Gasteiger partial charge in [-0.3, -0.25) is 4.99 Å². The number of hydrogen-bond donors (Lipinski definition) is 2. The minimum Gasteiger partial charge on any atom is -0.373 e. The topological polar surface area (TPSA) is 45.7 Å². The molecule has 0 aromatic heterocycles. The van der Waals surface area contributed by atoms with E-state index in [9.17, 15) is 0 Å². The van der Waals surface area contributed by atoms with Crippen LogP contribution >= 0.6 is 0 Å². The first-order valence-corrected chi connectivity index (χ1v) is 5.83. The van der Waals surface area contributed by atoms with Crippen molar-refractivity contribution in [3.05, 3.63) is 0 Å². The van der Waals surface area contributed by atoms with E-state index in [0.29, 0.717) is 6.04 Å². The number of aliphatic imine (C=N–C) groups is 1. The van der Waals surface area contributed by atoms with Crippen molar-refractivity contribution in [2.24, 2.45) is 4.99 Å². The molecule has 86 valence electrons. The van der Waals surface area contributed by atoms with E-state index in [1.165, 1.54) is 19.3 Å². The summed E-state index contributed by atoms with van der Waals surface area (Å²) < 4.78 is 5.71. The Balaban J connectivity index is 1.74. The van der Waals surface area contributed by atoms with Gasteiger partial charge >= 0.3 is 0 Å². The van der Waals surface area contributed by atoms with E-state index in [1.54, 1.807) is 0 Å². The van der Waals surface area contributed by atoms with Gasteiger partial charge in [0.2, 0.25) is 0 Å². The predicted molar refractivity (Wildman–Crippen MR) is 61.1 cm³/mol. The maximum absolute atomic E-state index is 5.71. The van der Waals surface area contributed by atoms with Crippen LogP contribution in [0.1, 0.15) is 32.6 Å². The van der Waals surface area contributed by atoms with Gasteiger partial charge in [-0.15, -0.1) is 0 Å². The lowest BCUT2D eigenvalue weighted by molar-refractivity contribution is 0.0243. The third-order valence-corrected chi connectivity index (χ3v) is 3.07. The van der Waals surface area contributed by atoms with Gasteiger partial charge in [0, 0.05) is 26.2 Å². The quantitative estimate of drug-likeness (QED) is 0.538. The van der Waals surface area contributed by atoms with E-state index in [0.717, 1.165) is 25.5 Å². The van der Waals surface area contributed by atoms with Crippen LogP contribution in [0.25, 0.3) is 0 Å². The number of guanidine groups is 1. The maximum Gasteiger partial charge on any atom is 0.191 e. The second-order valence-corrected chi connectivity index (χ2v) is 4.75. The van der Waals surface area contributed by atoms with E-state index in [2.05, 4.69) is 22.5 Å². The monoisotopic (exact) mass is 211 g/mol. The molecule has 2 N–H and O–H groups in total. The van der Waals surface area contributed by atoms with Gasteiger partial charge in [0.15, 0.2) is 5.96 Å². The van der Waals surface area contributed by atoms with Crippen molar-refractivity contribution < 1.29 is 4.74 Å². The molecule has 0 aromatic rings. The van der Waals surface area contributed by atoms with Crippen LogP contribution in [0.4, 0.5) is 0 Å². The highest BCUT2D eigenvalue weighted by molar-refractivity contribution is 5.80. The Morgan fingerprint density at radius 3 is 2.87 bits per heavy atom. The molecular weight excluding hydrogens is 190 g/mol. The van der Waals surface area contributed by atoms with Crippen molar-refractivity contribution in [1.29, 1.82) is 0 Å². The van der Waals surface area contributed by atoms with Crippen LogP contribution in [-0.4, -0.2) is 37.8 Å². The lowest BCUT2D eigenvalue weighted by atomic mass is 10.0. The fourth-order valence-corrected chi connectivity index (χ4v) is 1.86. The molecule has 0 bridgehead atoms. The van der Waals surface area contributed by atoms with Crippen LogP contribution in [0.15, 0.2) is 4.99 Å². The average Bonchev–Trinajstić information content (AvgIpc) is 2.95. The lowest BCUT2D eigenvalue weighted by Gasteiger charge is -2.24. The third-order valence-electron chi connectivity index (χ3n) is 3.07. The van der Waals surface area contributed by atoms with Crippen molar-refractivity contribution in [1.82, 2.24) is 10.6 Å². The minimum absolute atomic E-state index is 0.00116. The molecule has 1 atom stereocenters. The molecule has 1 saturated heterocycles. The first kappa shape index (κ1) is 10.7. The van der Waals surface area contributed by atoms with Crippen LogP contribution in [0.2, 0.25) is 0 Å². The zero-order chi connectivity index (χ0) is 10.7. The Labute approximate surface area is 91.5 Å². The fourth-order valence-electron chi connectivity index (χ4n) is 1.86. The molecule has 2 aliphatic rings. The molecule has 1 aliphatic heterocycles. The van der Waals surface area contributed by atoms with E-state index >= 15 is 0 Å². The van der Waals surface area contributed by atoms with Gasteiger partial charge < -0.3 is 15.4 Å². The highest BCUT2D eigenvalue weighted by Crippen LogP contribution is 2.24. The van der Waals surface area contributed by atoms with Gasteiger partial charge in [0.1, 0.15) is 0 Å². The van der Waals surface area contributed by atoms with E-state index in [1.807, 2.05) is 7.05 Å². The zero-order valence-corrected chi connectivity index (χ0v) is 9.68. The first-order chi connectivity index (χ1) is 7.22. The van der Waals surface area contributed by atoms with Gasteiger partial charge in [-0.1, -0.05) is 0 Å². The van der Waals surface area contributed by atoms with Crippen LogP contribution < -0.4 is 10.6 Å². The normalized spacial score (nSPS) is 31.7. The molecule has 0 radical (unpaired) electrons. The molecule has 1 saturated carbocycles. The van der Waals surface area contributed by atoms with Gasteiger partial charge in [0.25, 0.3) is 0 Å². The number of rotatable bonds is 3. The smallest absolute Gasteiger partial charge is 0.191 e. The summed E-state index contributed by atoms with van der Waals surface area (Å²) in [6.07, 6.45) is 4.86. The summed E-state index contributed by atoms with van der Waals surface area (Å²) in [4.78, 5) is 4.20. The molecule has 0 amide bonds. The Kier molecular flexibility index (Phi) is 3.14. The first-order valence-electron chi connectivity index (χ1n) is 5.83. The molecule has 2 fully saturated rings. The fraction of sp³-hybridized carbons (Fsp3) is 0.909. The van der Waals surface area contributed by atoms with E-state index in [4.69, 9.17) is 4.74 Å². The second kappa shape index (κ2) is 4.39. The number of hydrogen-bond acceptors (Lipinski definition) is 2. The second-order valence-electron chi connectivity index (χ2n) is 4.75. The van der Waals surface area contributed by atoms with Crippen LogP contribution in [0.3, 0.4) is 0 Å². The van der Waals surface area contributed by atoms with Crippen molar-refractivity contribution in [3.63, 3.8) is 0 Å². The van der Waals surface area contributed by atoms with Gasteiger partial charge in [-0.25, -0.2) is 0 Å². The molecule has 1 aliphatic carbocycles. The summed E-state index contributed by atoms with van der Waals surface area (Å²) in [7, 11) is 1.82. The molecular formula is C11H21N3O. The summed E-state index contributed by atoms with van der Waals surface area (Å²) >= 11 is 0. The molecule has 4 heteroatoms. The van der Waals surface area contributed by atoms with Gasteiger partial charge in [0.05, 0.1) is 5.60 Å². The van der Waals surface area contributed by atoms with Crippen molar-refractivity contribution in [2.75, 3.05) is 20.2 Å². The molecule has 15 heavy (non-hydrogen) atoms. The molecule has 0 aromatic carbocycles. The largest absolute Gasteiger partial charge is 0.373 e. The number of nitrogens with zero attached hydrogens (tertiary/aromatic N) is 1. The standard InChI is InChI=1S/C11H21N3O/c1-11(6-3-7-15-11)8-13-10(12-2)14-9-4-5-9/h9H,3-8H2,1-2H3,(H2,12,13,14). The summed E-state index contributed by atoms with van der Waals surface area (Å²) in [6.45, 7) is 3.91. The SMILES string of the molecule is CN=C(NCC1(C)CCCO1)NC1CC1. The summed E-state index contributed by atoms with van der Waals surface area (Å²) in [5, 5.41) is 6.70. The third kappa shape index (κ3) is 3.09. The minimum atomic E-state index is 0.00116. The molecule has 4 nitrogen and oxygen atoms in total. The number of ether oxygens (including phenoxy) is 1. The lowest BCUT2D eigenvalue weighted by Crippen LogP contribution is -2.46. The van der Waals surface area contributed by atoms with E-state index in [-0.39, 0.29) is 5.60 Å². The van der Waals surface area contributed by atoms with Crippen LogP contribution in [0, 0.1) is 0 Å². The van der Waals surface area contributed by atoms with Crippen LogP contribution in [-0.2, 0) is 4.74 Å². The molecule has 2 rings (SSSR count). The molecule has 1 unspecified atom stereocenters.